The molecule has 1 aromatic heterocycles. The summed E-state index contributed by atoms with van der Waals surface area (Å²) in [5.41, 5.74) is 0. The van der Waals surface area contributed by atoms with Gasteiger partial charge in [-0.15, -0.1) is 5.10 Å². The summed E-state index contributed by atoms with van der Waals surface area (Å²) in [7, 11) is 1.66. The van der Waals surface area contributed by atoms with E-state index in [0.717, 1.165) is 6.54 Å². The molecule has 2 rings (SSSR count). The number of nitrogens with zero attached hydrogens (tertiary/aromatic N) is 3. The third-order valence-corrected chi connectivity index (χ3v) is 3.02. The number of hydrogen-bond donors (Lipinski definition) is 2. The van der Waals surface area contributed by atoms with E-state index in [1.54, 1.807) is 7.11 Å². The Morgan fingerprint density at radius 1 is 1.45 bits per heavy atom. The Kier molecular flexibility index (Phi) is 5.72. The lowest BCUT2D eigenvalue weighted by Crippen LogP contribution is -2.48. The zero-order valence-corrected chi connectivity index (χ0v) is 11.9. The second-order valence-electron chi connectivity index (χ2n) is 4.80. The second kappa shape index (κ2) is 7.53. The van der Waals surface area contributed by atoms with Crippen molar-refractivity contribution in [2.24, 2.45) is 0 Å². The van der Waals surface area contributed by atoms with Gasteiger partial charge in [-0.2, -0.15) is 0 Å². The van der Waals surface area contributed by atoms with Crippen LogP contribution in [0.15, 0.2) is 4.42 Å². The Bertz CT molecular complexity index is 401. The quantitative estimate of drug-likeness (QED) is 0.641. The first-order chi connectivity index (χ1) is 9.72. The second-order valence-corrected chi connectivity index (χ2v) is 4.80. The molecule has 0 aliphatic carbocycles. The summed E-state index contributed by atoms with van der Waals surface area (Å²) in [6.07, 6.45) is -0.190. The van der Waals surface area contributed by atoms with Crippen molar-refractivity contribution < 1.29 is 19.0 Å². The van der Waals surface area contributed by atoms with Crippen molar-refractivity contribution in [2.45, 2.75) is 25.7 Å². The molecular formula is C12H22N4O4. The van der Waals surface area contributed by atoms with E-state index in [2.05, 4.69) is 15.5 Å². The Labute approximate surface area is 118 Å². The van der Waals surface area contributed by atoms with E-state index in [9.17, 15) is 5.11 Å². The highest BCUT2D eigenvalue weighted by Crippen LogP contribution is 2.18. The van der Waals surface area contributed by atoms with Crippen molar-refractivity contribution in [1.29, 1.82) is 0 Å². The molecule has 0 spiro atoms. The van der Waals surface area contributed by atoms with Gasteiger partial charge >= 0.3 is 6.01 Å². The molecule has 1 fully saturated rings. The molecule has 1 saturated heterocycles. The van der Waals surface area contributed by atoms with Crippen molar-refractivity contribution in [3.63, 3.8) is 0 Å². The number of aromatic nitrogens is 2. The predicted octanol–water partition coefficient (Wildman–Crippen LogP) is -0.608. The summed E-state index contributed by atoms with van der Waals surface area (Å²) in [5.74, 6) is 0.538. The van der Waals surface area contributed by atoms with E-state index in [4.69, 9.17) is 13.9 Å². The minimum atomic E-state index is -0.214. The summed E-state index contributed by atoms with van der Waals surface area (Å²) in [6, 6.07) is 0.474. The van der Waals surface area contributed by atoms with E-state index >= 15 is 0 Å². The van der Waals surface area contributed by atoms with Gasteiger partial charge in [0.2, 0.25) is 5.89 Å². The molecule has 114 valence electrons. The van der Waals surface area contributed by atoms with Crippen LogP contribution >= 0.6 is 0 Å². The first-order valence-electron chi connectivity index (χ1n) is 6.76. The SMILES string of the molecule is COCCNCc1nnc(N2CC(C)OC(CO)C2)o1. The van der Waals surface area contributed by atoms with E-state index in [1.165, 1.54) is 0 Å². The smallest absolute Gasteiger partial charge is 0.318 e. The Balaban J connectivity index is 1.87. The molecule has 8 heteroatoms. The van der Waals surface area contributed by atoms with E-state index in [-0.39, 0.29) is 18.8 Å². The molecule has 1 aliphatic rings. The van der Waals surface area contributed by atoms with Crippen LogP contribution in [0, 0.1) is 0 Å². The van der Waals surface area contributed by atoms with Gasteiger partial charge in [0, 0.05) is 20.2 Å². The number of ether oxygens (including phenoxy) is 2. The normalized spacial score (nSPS) is 23.2. The molecule has 20 heavy (non-hydrogen) atoms. The van der Waals surface area contributed by atoms with Crippen LogP contribution < -0.4 is 10.2 Å². The van der Waals surface area contributed by atoms with Gasteiger partial charge in [-0.3, -0.25) is 0 Å². The van der Waals surface area contributed by atoms with Gasteiger partial charge in [0.25, 0.3) is 0 Å². The molecule has 0 aromatic carbocycles. The molecule has 2 unspecified atom stereocenters. The average Bonchev–Trinajstić information content (AvgIpc) is 2.92. The maximum atomic E-state index is 9.21. The van der Waals surface area contributed by atoms with Crippen LogP contribution in [0.2, 0.25) is 0 Å². The minimum Gasteiger partial charge on any atom is -0.407 e. The van der Waals surface area contributed by atoms with Crippen molar-refractivity contribution in [1.82, 2.24) is 15.5 Å². The lowest BCUT2D eigenvalue weighted by atomic mass is 10.2. The number of methoxy groups -OCH3 is 1. The molecule has 1 aromatic rings. The third-order valence-electron chi connectivity index (χ3n) is 3.02. The monoisotopic (exact) mass is 286 g/mol. The lowest BCUT2D eigenvalue weighted by molar-refractivity contribution is -0.0433. The Morgan fingerprint density at radius 3 is 3.05 bits per heavy atom. The van der Waals surface area contributed by atoms with Crippen LogP contribution in [0.4, 0.5) is 6.01 Å². The fourth-order valence-corrected chi connectivity index (χ4v) is 2.12. The highest BCUT2D eigenvalue weighted by atomic mass is 16.5. The van der Waals surface area contributed by atoms with Crippen LogP contribution in [0.5, 0.6) is 0 Å². The zero-order valence-electron chi connectivity index (χ0n) is 11.9. The van der Waals surface area contributed by atoms with Crippen molar-refractivity contribution >= 4 is 6.01 Å². The number of rotatable bonds is 7. The van der Waals surface area contributed by atoms with Crippen LogP contribution in [0.25, 0.3) is 0 Å². The summed E-state index contributed by atoms with van der Waals surface area (Å²) >= 11 is 0. The van der Waals surface area contributed by atoms with Gasteiger partial charge in [-0.25, -0.2) is 0 Å². The van der Waals surface area contributed by atoms with Crippen LogP contribution in [0.3, 0.4) is 0 Å². The molecule has 1 aliphatic heterocycles. The van der Waals surface area contributed by atoms with Gasteiger partial charge in [-0.05, 0) is 6.92 Å². The van der Waals surface area contributed by atoms with E-state index in [1.807, 2.05) is 11.8 Å². The average molecular weight is 286 g/mol. The maximum Gasteiger partial charge on any atom is 0.318 e. The Hall–Kier alpha value is -1.22. The standard InChI is InChI=1S/C12H22N4O4/c1-9-6-16(7-10(8-17)19-9)12-15-14-11(20-12)5-13-3-4-18-2/h9-10,13,17H,3-8H2,1-2H3. The van der Waals surface area contributed by atoms with Gasteiger partial charge < -0.3 is 29.2 Å². The molecule has 2 atom stereocenters. The van der Waals surface area contributed by atoms with Crippen LogP contribution in [-0.2, 0) is 16.0 Å². The van der Waals surface area contributed by atoms with E-state index < -0.39 is 0 Å². The number of hydrogen-bond acceptors (Lipinski definition) is 8. The predicted molar refractivity (Wildman–Crippen MR) is 71.5 cm³/mol. The molecule has 8 nitrogen and oxygen atoms in total. The highest BCUT2D eigenvalue weighted by molar-refractivity contribution is 5.25. The molecule has 0 amide bonds. The zero-order chi connectivity index (χ0) is 14.4. The highest BCUT2D eigenvalue weighted by Gasteiger charge is 2.27. The van der Waals surface area contributed by atoms with Crippen LogP contribution in [-0.4, -0.2) is 67.5 Å². The first-order valence-corrected chi connectivity index (χ1v) is 6.76. The summed E-state index contributed by atoms with van der Waals surface area (Å²) in [5, 5.41) is 20.4. The molecule has 2 N–H and O–H groups in total. The number of anilines is 1. The fraction of sp³-hybridized carbons (Fsp3) is 0.833. The topological polar surface area (TPSA) is 92.9 Å². The summed E-state index contributed by atoms with van der Waals surface area (Å²) < 4.78 is 16.1. The van der Waals surface area contributed by atoms with Crippen LogP contribution in [0.1, 0.15) is 12.8 Å². The summed E-state index contributed by atoms with van der Waals surface area (Å²) in [4.78, 5) is 1.95. The van der Waals surface area contributed by atoms with Crippen molar-refractivity contribution in [3.05, 3.63) is 5.89 Å². The lowest BCUT2D eigenvalue weighted by Gasteiger charge is -2.34. The number of aliphatic hydroxyl groups excluding tert-OH is 1. The van der Waals surface area contributed by atoms with Crippen molar-refractivity contribution in [2.75, 3.05) is 44.9 Å². The fourth-order valence-electron chi connectivity index (χ4n) is 2.12. The molecule has 2 heterocycles. The minimum absolute atomic E-state index is 0.0135. The largest absolute Gasteiger partial charge is 0.407 e. The first kappa shape index (κ1) is 15.2. The number of morpholine rings is 1. The van der Waals surface area contributed by atoms with Gasteiger partial charge in [0.05, 0.1) is 38.5 Å². The molecule has 0 radical (unpaired) electrons. The Morgan fingerprint density at radius 2 is 2.30 bits per heavy atom. The van der Waals surface area contributed by atoms with Crippen molar-refractivity contribution in [3.8, 4) is 0 Å². The third kappa shape index (κ3) is 4.14. The maximum absolute atomic E-state index is 9.21. The molecule has 0 bridgehead atoms. The van der Waals surface area contributed by atoms with Gasteiger partial charge in [0.1, 0.15) is 0 Å². The molecule has 0 saturated carbocycles. The van der Waals surface area contributed by atoms with Gasteiger partial charge in [-0.1, -0.05) is 5.10 Å². The number of aliphatic hydroxyl groups is 1. The van der Waals surface area contributed by atoms with Gasteiger partial charge in [0.15, 0.2) is 0 Å². The van der Waals surface area contributed by atoms with E-state index in [0.29, 0.717) is 38.1 Å². The summed E-state index contributed by atoms with van der Waals surface area (Å²) in [6.45, 7) is 5.06. The number of nitrogens with one attached hydrogen (secondary N) is 1. The molecular weight excluding hydrogens is 264 g/mol.